The van der Waals surface area contributed by atoms with E-state index in [1.54, 1.807) is 43.3 Å². The molecule has 0 atom stereocenters. The van der Waals surface area contributed by atoms with E-state index in [2.05, 4.69) is 10.5 Å². The first-order chi connectivity index (χ1) is 13.4. The fraction of sp³-hybridized carbons (Fsp3) is 0.190. The number of esters is 1. The van der Waals surface area contributed by atoms with E-state index < -0.39 is 11.9 Å². The van der Waals surface area contributed by atoms with Crippen molar-refractivity contribution in [2.75, 3.05) is 11.9 Å². The zero-order valence-electron chi connectivity index (χ0n) is 15.7. The summed E-state index contributed by atoms with van der Waals surface area (Å²) >= 11 is 5.92. The number of aromatic nitrogens is 1. The van der Waals surface area contributed by atoms with Crippen molar-refractivity contribution in [3.05, 3.63) is 69.7 Å². The van der Waals surface area contributed by atoms with Gasteiger partial charge in [0.2, 0.25) is 5.88 Å². The summed E-state index contributed by atoms with van der Waals surface area (Å²) in [6.07, 6.45) is 0. The summed E-state index contributed by atoms with van der Waals surface area (Å²) in [4.78, 5) is 25.1. The number of nitrogens with one attached hydrogen (secondary N) is 1. The van der Waals surface area contributed by atoms with Crippen LogP contribution in [0.3, 0.4) is 0 Å². The number of anilines is 1. The van der Waals surface area contributed by atoms with Gasteiger partial charge in [0, 0.05) is 16.1 Å². The molecule has 28 heavy (non-hydrogen) atoms. The second kappa shape index (κ2) is 8.27. The highest BCUT2D eigenvalue weighted by Crippen LogP contribution is 2.31. The molecular weight excluding hydrogens is 380 g/mol. The monoisotopic (exact) mass is 398 g/mol. The fourth-order valence-electron chi connectivity index (χ4n) is 2.63. The van der Waals surface area contributed by atoms with E-state index in [9.17, 15) is 9.59 Å². The average molecular weight is 399 g/mol. The molecule has 1 amide bonds. The zero-order valence-corrected chi connectivity index (χ0v) is 16.5. The summed E-state index contributed by atoms with van der Waals surface area (Å²) in [5.41, 5.74) is 3.45. The normalized spacial score (nSPS) is 10.6. The van der Waals surface area contributed by atoms with Crippen LogP contribution >= 0.6 is 11.6 Å². The SMILES string of the molecule is CCOC(=O)c1c(-c2ccc(Cl)cc2)noc1NC(=O)c1ccc(C)c(C)c1. The summed E-state index contributed by atoms with van der Waals surface area (Å²) in [6.45, 7) is 5.75. The second-order valence-electron chi connectivity index (χ2n) is 6.22. The Kier molecular flexibility index (Phi) is 5.80. The highest BCUT2D eigenvalue weighted by molar-refractivity contribution is 6.30. The summed E-state index contributed by atoms with van der Waals surface area (Å²) in [5, 5.41) is 7.13. The highest BCUT2D eigenvalue weighted by Gasteiger charge is 2.27. The number of halogens is 1. The molecule has 0 saturated heterocycles. The molecule has 1 heterocycles. The third kappa shape index (κ3) is 4.07. The van der Waals surface area contributed by atoms with Crippen molar-refractivity contribution in [1.82, 2.24) is 5.16 Å². The van der Waals surface area contributed by atoms with E-state index in [4.69, 9.17) is 20.9 Å². The summed E-state index contributed by atoms with van der Waals surface area (Å²) in [7, 11) is 0. The average Bonchev–Trinajstić information content (AvgIpc) is 3.08. The number of hydrogen-bond acceptors (Lipinski definition) is 5. The molecule has 0 saturated carbocycles. The van der Waals surface area contributed by atoms with Crippen molar-refractivity contribution in [1.29, 1.82) is 0 Å². The number of benzene rings is 2. The van der Waals surface area contributed by atoms with Crippen molar-refractivity contribution in [2.45, 2.75) is 20.8 Å². The maximum Gasteiger partial charge on any atom is 0.346 e. The molecule has 0 fully saturated rings. The van der Waals surface area contributed by atoms with E-state index >= 15 is 0 Å². The Balaban J connectivity index is 1.98. The quantitative estimate of drug-likeness (QED) is 0.609. The van der Waals surface area contributed by atoms with Crippen molar-refractivity contribution in [3.8, 4) is 11.3 Å². The number of carbonyl (C=O) groups is 2. The number of nitrogens with zero attached hydrogens (tertiary/aromatic N) is 1. The van der Waals surface area contributed by atoms with Gasteiger partial charge in [-0.2, -0.15) is 0 Å². The van der Waals surface area contributed by atoms with Gasteiger partial charge in [-0.05, 0) is 56.2 Å². The Hall–Kier alpha value is -3.12. The molecule has 0 bridgehead atoms. The molecule has 0 aliphatic rings. The molecule has 0 spiro atoms. The first-order valence-electron chi connectivity index (χ1n) is 8.72. The molecular formula is C21H19ClN2O4. The van der Waals surface area contributed by atoms with Crippen LogP contribution in [-0.4, -0.2) is 23.6 Å². The fourth-order valence-corrected chi connectivity index (χ4v) is 2.76. The van der Waals surface area contributed by atoms with Crippen molar-refractivity contribution in [3.63, 3.8) is 0 Å². The number of aryl methyl sites for hydroxylation is 2. The lowest BCUT2D eigenvalue weighted by Gasteiger charge is -2.07. The maximum atomic E-state index is 12.6. The standard InChI is InChI=1S/C21H19ClN2O4/c1-4-27-21(26)17-18(14-7-9-16(22)10-8-14)24-28-20(17)23-19(25)15-6-5-12(2)13(3)11-15/h5-11H,4H2,1-3H3,(H,23,25). The van der Waals surface area contributed by atoms with Gasteiger partial charge in [-0.15, -0.1) is 0 Å². The van der Waals surface area contributed by atoms with E-state index in [0.29, 0.717) is 16.1 Å². The van der Waals surface area contributed by atoms with Crippen LogP contribution < -0.4 is 5.32 Å². The van der Waals surface area contributed by atoms with Gasteiger partial charge in [0.05, 0.1) is 6.61 Å². The molecule has 6 nitrogen and oxygen atoms in total. The molecule has 0 radical (unpaired) electrons. The van der Waals surface area contributed by atoms with E-state index in [-0.39, 0.29) is 23.7 Å². The molecule has 1 N–H and O–H groups in total. The number of ether oxygens (including phenoxy) is 1. The molecule has 0 aliphatic heterocycles. The van der Waals surface area contributed by atoms with Gasteiger partial charge in [0.1, 0.15) is 5.69 Å². The molecule has 1 aromatic heterocycles. The van der Waals surface area contributed by atoms with Crippen LogP contribution in [0.4, 0.5) is 5.88 Å². The van der Waals surface area contributed by atoms with Gasteiger partial charge in [-0.3, -0.25) is 10.1 Å². The van der Waals surface area contributed by atoms with Crippen molar-refractivity contribution in [2.24, 2.45) is 0 Å². The predicted molar refractivity (Wildman–Crippen MR) is 107 cm³/mol. The molecule has 2 aromatic carbocycles. The Morgan fingerprint density at radius 2 is 1.82 bits per heavy atom. The number of rotatable bonds is 5. The minimum Gasteiger partial charge on any atom is -0.462 e. The lowest BCUT2D eigenvalue weighted by atomic mass is 10.1. The number of hydrogen-bond donors (Lipinski definition) is 1. The molecule has 144 valence electrons. The maximum absolute atomic E-state index is 12.6. The number of carbonyl (C=O) groups excluding carboxylic acids is 2. The Labute approximate surface area is 167 Å². The minimum absolute atomic E-state index is 0.0568. The van der Waals surface area contributed by atoms with Gasteiger partial charge in [0.15, 0.2) is 5.56 Å². The van der Waals surface area contributed by atoms with Crippen LogP contribution in [0.15, 0.2) is 47.0 Å². The molecule has 0 aliphatic carbocycles. The highest BCUT2D eigenvalue weighted by atomic mass is 35.5. The van der Waals surface area contributed by atoms with E-state index in [0.717, 1.165) is 11.1 Å². The van der Waals surface area contributed by atoms with E-state index in [1.165, 1.54) is 0 Å². The van der Waals surface area contributed by atoms with Crippen molar-refractivity contribution < 1.29 is 18.8 Å². The predicted octanol–water partition coefficient (Wildman–Crippen LogP) is 5.04. The van der Waals surface area contributed by atoms with Gasteiger partial charge < -0.3 is 9.26 Å². The largest absolute Gasteiger partial charge is 0.462 e. The Morgan fingerprint density at radius 1 is 1.11 bits per heavy atom. The Bertz CT molecular complexity index is 1030. The lowest BCUT2D eigenvalue weighted by molar-refractivity contribution is 0.0528. The topological polar surface area (TPSA) is 81.4 Å². The lowest BCUT2D eigenvalue weighted by Crippen LogP contribution is -2.15. The number of amides is 1. The second-order valence-corrected chi connectivity index (χ2v) is 6.65. The molecule has 7 heteroatoms. The van der Waals surface area contributed by atoms with Crippen molar-refractivity contribution >= 4 is 29.4 Å². The van der Waals surface area contributed by atoms with Gasteiger partial charge in [0.25, 0.3) is 5.91 Å². The van der Waals surface area contributed by atoms with Gasteiger partial charge in [-0.25, -0.2) is 4.79 Å². The van der Waals surface area contributed by atoms with Gasteiger partial charge in [-0.1, -0.05) is 35.0 Å². The first kappa shape index (κ1) is 19.6. The van der Waals surface area contributed by atoms with E-state index in [1.807, 2.05) is 19.9 Å². The van der Waals surface area contributed by atoms with Crippen LogP contribution in [0.25, 0.3) is 11.3 Å². The molecule has 3 rings (SSSR count). The third-order valence-corrected chi connectivity index (χ3v) is 4.54. The summed E-state index contributed by atoms with van der Waals surface area (Å²) in [5.74, 6) is -1.11. The summed E-state index contributed by atoms with van der Waals surface area (Å²) < 4.78 is 10.4. The third-order valence-electron chi connectivity index (χ3n) is 4.29. The van der Waals surface area contributed by atoms with Crippen LogP contribution in [0.2, 0.25) is 5.02 Å². The Morgan fingerprint density at radius 3 is 2.46 bits per heavy atom. The van der Waals surface area contributed by atoms with Crippen LogP contribution in [0.5, 0.6) is 0 Å². The van der Waals surface area contributed by atoms with Gasteiger partial charge >= 0.3 is 5.97 Å². The summed E-state index contributed by atoms with van der Waals surface area (Å²) in [6, 6.07) is 12.1. The smallest absolute Gasteiger partial charge is 0.346 e. The zero-order chi connectivity index (χ0) is 20.3. The molecule has 0 unspecified atom stereocenters. The van der Waals surface area contributed by atoms with Crippen LogP contribution in [0, 0.1) is 13.8 Å². The minimum atomic E-state index is -0.635. The van der Waals surface area contributed by atoms with Crippen LogP contribution in [-0.2, 0) is 4.74 Å². The van der Waals surface area contributed by atoms with Crippen LogP contribution in [0.1, 0.15) is 38.8 Å². The first-order valence-corrected chi connectivity index (χ1v) is 9.09. The molecule has 3 aromatic rings.